The smallest absolute Gasteiger partial charge is 0.185 e. The molecule has 1 N–H and O–H groups in total. The SMILES string of the molecule is COc1ccc(C=CC(=O)c2ccc(OCC(O)CN3CCN(c4ccccc4)CC3)cc2)cc1. The van der Waals surface area contributed by atoms with Crippen LogP contribution in [0, 0.1) is 0 Å². The van der Waals surface area contributed by atoms with Crippen molar-refractivity contribution < 1.29 is 19.4 Å². The Labute approximate surface area is 207 Å². The highest BCUT2D eigenvalue weighted by Crippen LogP contribution is 2.17. The Balaban J connectivity index is 1.19. The van der Waals surface area contributed by atoms with Gasteiger partial charge in [0.1, 0.15) is 24.2 Å². The maximum Gasteiger partial charge on any atom is 0.185 e. The third kappa shape index (κ3) is 7.18. The molecular formula is C29H32N2O4. The van der Waals surface area contributed by atoms with Crippen LogP contribution >= 0.6 is 0 Å². The zero-order chi connectivity index (χ0) is 24.5. The minimum Gasteiger partial charge on any atom is -0.497 e. The Hall–Kier alpha value is -3.61. The number of hydrogen-bond donors (Lipinski definition) is 1. The van der Waals surface area contributed by atoms with Gasteiger partial charge in [0.05, 0.1) is 7.11 Å². The second-order valence-electron chi connectivity index (χ2n) is 8.58. The average Bonchev–Trinajstić information content (AvgIpc) is 2.92. The molecule has 0 spiro atoms. The van der Waals surface area contributed by atoms with E-state index in [0.717, 1.165) is 37.5 Å². The van der Waals surface area contributed by atoms with Crippen LogP contribution in [0.5, 0.6) is 11.5 Å². The van der Waals surface area contributed by atoms with Gasteiger partial charge in [-0.05, 0) is 60.2 Å². The van der Waals surface area contributed by atoms with E-state index in [-0.39, 0.29) is 12.4 Å². The molecule has 3 aromatic rings. The first-order chi connectivity index (χ1) is 17.1. The minimum absolute atomic E-state index is 0.0814. The van der Waals surface area contributed by atoms with Crippen molar-refractivity contribution in [1.29, 1.82) is 0 Å². The monoisotopic (exact) mass is 472 g/mol. The zero-order valence-corrected chi connectivity index (χ0v) is 20.0. The molecule has 1 unspecified atom stereocenters. The number of aliphatic hydroxyl groups excluding tert-OH is 1. The van der Waals surface area contributed by atoms with Gasteiger partial charge in [-0.2, -0.15) is 0 Å². The predicted octanol–water partition coefficient (Wildman–Crippen LogP) is 4.15. The number of rotatable bonds is 10. The first kappa shape index (κ1) is 24.5. The van der Waals surface area contributed by atoms with Crippen LogP contribution in [0.2, 0.25) is 0 Å². The summed E-state index contributed by atoms with van der Waals surface area (Å²) in [6, 6.07) is 24.9. The summed E-state index contributed by atoms with van der Waals surface area (Å²) in [6.07, 6.45) is 2.76. The van der Waals surface area contributed by atoms with Crippen molar-refractivity contribution in [2.45, 2.75) is 6.10 Å². The van der Waals surface area contributed by atoms with Crippen LogP contribution in [0.15, 0.2) is 84.9 Å². The number of β-amino-alcohol motifs (C(OH)–C–C–N with tert-alkyl or cyclic N) is 1. The van der Waals surface area contributed by atoms with E-state index in [1.807, 2.05) is 30.3 Å². The number of piperazine rings is 1. The van der Waals surface area contributed by atoms with E-state index in [4.69, 9.17) is 9.47 Å². The van der Waals surface area contributed by atoms with Crippen molar-refractivity contribution in [1.82, 2.24) is 4.90 Å². The lowest BCUT2D eigenvalue weighted by molar-refractivity contribution is 0.0663. The number of benzene rings is 3. The van der Waals surface area contributed by atoms with Gasteiger partial charge in [0.15, 0.2) is 5.78 Å². The lowest BCUT2D eigenvalue weighted by Crippen LogP contribution is -2.49. The fourth-order valence-corrected chi connectivity index (χ4v) is 4.07. The molecule has 1 fully saturated rings. The number of carbonyl (C=O) groups excluding carboxylic acids is 1. The maximum atomic E-state index is 12.5. The van der Waals surface area contributed by atoms with E-state index < -0.39 is 6.10 Å². The van der Waals surface area contributed by atoms with E-state index in [9.17, 15) is 9.90 Å². The van der Waals surface area contributed by atoms with Crippen molar-refractivity contribution in [2.75, 3.05) is 51.3 Å². The van der Waals surface area contributed by atoms with Crippen LogP contribution in [0.25, 0.3) is 6.08 Å². The second-order valence-corrected chi connectivity index (χ2v) is 8.58. The van der Waals surface area contributed by atoms with Crippen LogP contribution in [0.3, 0.4) is 0 Å². The van der Waals surface area contributed by atoms with E-state index >= 15 is 0 Å². The zero-order valence-electron chi connectivity index (χ0n) is 20.0. The van der Waals surface area contributed by atoms with Crippen molar-refractivity contribution >= 4 is 17.5 Å². The Morgan fingerprint density at radius 1 is 0.914 bits per heavy atom. The predicted molar refractivity (Wildman–Crippen MR) is 139 cm³/mol. The molecule has 35 heavy (non-hydrogen) atoms. The van der Waals surface area contributed by atoms with Gasteiger partial charge in [0.25, 0.3) is 0 Å². The first-order valence-corrected chi connectivity index (χ1v) is 11.9. The van der Waals surface area contributed by atoms with E-state index in [1.165, 1.54) is 5.69 Å². The number of ether oxygens (including phenoxy) is 2. The summed E-state index contributed by atoms with van der Waals surface area (Å²) in [4.78, 5) is 17.1. The highest BCUT2D eigenvalue weighted by atomic mass is 16.5. The summed E-state index contributed by atoms with van der Waals surface area (Å²) in [5.41, 5.74) is 2.75. The van der Waals surface area contributed by atoms with Crippen molar-refractivity contribution in [3.05, 3.63) is 96.1 Å². The molecule has 1 atom stereocenters. The van der Waals surface area contributed by atoms with Crippen LogP contribution in [0.4, 0.5) is 5.69 Å². The van der Waals surface area contributed by atoms with E-state index in [2.05, 4.69) is 34.1 Å². The van der Waals surface area contributed by atoms with E-state index in [0.29, 0.717) is 17.9 Å². The molecule has 6 heteroatoms. The lowest BCUT2D eigenvalue weighted by Gasteiger charge is -2.36. The molecular weight excluding hydrogens is 440 g/mol. The summed E-state index contributed by atoms with van der Waals surface area (Å²) in [6.45, 7) is 4.50. The summed E-state index contributed by atoms with van der Waals surface area (Å²) in [7, 11) is 1.62. The standard InChI is InChI=1S/C29H32N2O4/c1-34-27-12-7-23(8-13-27)9-16-29(33)24-10-14-28(15-11-24)35-22-26(32)21-30-17-19-31(20-18-30)25-5-3-2-4-6-25/h2-16,26,32H,17-22H2,1H3. The van der Waals surface area contributed by atoms with E-state index in [1.54, 1.807) is 43.5 Å². The fourth-order valence-electron chi connectivity index (χ4n) is 4.07. The normalized spacial score (nSPS) is 15.2. The van der Waals surface area contributed by atoms with Crippen LogP contribution in [-0.2, 0) is 0 Å². The Bertz CT molecular complexity index is 1090. The molecule has 6 nitrogen and oxygen atoms in total. The van der Waals surface area contributed by atoms with Crippen LogP contribution < -0.4 is 14.4 Å². The Morgan fingerprint density at radius 3 is 2.23 bits per heavy atom. The highest BCUT2D eigenvalue weighted by Gasteiger charge is 2.19. The summed E-state index contributed by atoms with van der Waals surface area (Å²) >= 11 is 0. The number of nitrogens with zero attached hydrogens (tertiary/aromatic N) is 2. The number of carbonyl (C=O) groups is 1. The third-order valence-corrected chi connectivity index (χ3v) is 6.09. The molecule has 3 aromatic carbocycles. The quantitative estimate of drug-likeness (QED) is 0.353. The molecule has 1 saturated heterocycles. The number of anilines is 1. The van der Waals surface area contributed by atoms with Crippen molar-refractivity contribution in [3.63, 3.8) is 0 Å². The number of ketones is 1. The molecule has 182 valence electrons. The number of aliphatic hydroxyl groups is 1. The number of methoxy groups -OCH3 is 1. The largest absolute Gasteiger partial charge is 0.497 e. The molecule has 1 heterocycles. The lowest BCUT2D eigenvalue weighted by atomic mass is 10.1. The average molecular weight is 473 g/mol. The van der Waals surface area contributed by atoms with Gasteiger partial charge in [0, 0.05) is 44.0 Å². The highest BCUT2D eigenvalue weighted by molar-refractivity contribution is 6.06. The minimum atomic E-state index is -0.577. The van der Waals surface area contributed by atoms with Crippen molar-refractivity contribution in [3.8, 4) is 11.5 Å². The second kappa shape index (κ2) is 12.2. The Kier molecular flexibility index (Phi) is 8.54. The van der Waals surface area contributed by atoms with Gasteiger partial charge in [-0.3, -0.25) is 9.69 Å². The van der Waals surface area contributed by atoms with Crippen LogP contribution in [0.1, 0.15) is 15.9 Å². The molecule has 0 aliphatic carbocycles. The molecule has 0 aromatic heterocycles. The summed E-state index contributed by atoms with van der Waals surface area (Å²) < 4.78 is 10.9. The van der Waals surface area contributed by atoms with Crippen molar-refractivity contribution in [2.24, 2.45) is 0 Å². The topological polar surface area (TPSA) is 62.2 Å². The molecule has 0 saturated carbocycles. The molecule has 1 aliphatic heterocycles. The van der Waals surface area contributed by atoms with Crippen LogP contribution in [-0.4, -0.2) is 68.3 Å². The molecule has 0 radical (unpaired) electrons. The van der Waals surface area contributed by atoms with Gasteiger partial charge in [-0.25, -0.2) is 0 Å². The summed E-state index contributed by atoms with van der Waals surface area (Å²) in [5.74, 6) is 1.33. The molecule has 1 aliphatic rings. The van der Waals surface area contributed by atoms with Gasteiger partial charge in [-0.1, -0.05) is 36.4 Å². The number of allylic oxidation sites excluding steroid dienone is 1. The first-order valence-electron chi connectivity index (χ1n) is 11.9. The van der Waals surface area contributed by atoms with Gasteiger partial charge in [0.2, 0.25) is 0 Å². The Morgan fingerprint density at radius 2 is 1.57 bits per heavy atom. The maximum absolute atomic E-state index is 12.5. The third-order valence-electron chi connectivity index (χ3n) is 6.09. The molecule has 0 amide bonds. The molecule has 4 rings (SSSR count). The fraction of sp³-hybridized carbons (Fsp3) is 0.276. The summed E-state index contributed by atoms with van der Waals surface area (Å²) in [5, 5.41) is 10.4. The van der Waals surface area contributed by atoms with Gasteiger partial charge < -0.3 is 19.5 Å². The number of hydrogen-bond acceptors (Lipinski definition) is 6. The van der Waals surface area contributed by atoms with Gasteiger partial charge >= 0.3 is 0 Å². The molecule has 0 bridgehead atoms. The van der Waals surface area contributed by atoms with Gasteiger partial charge in [-0.15, -0.1) is 0 Å². The number of para-hydroxylation sites is 1.